The highest BCUT2D eigenvalue weighted by molar-refractivity contribution is 9.13. The Bertz CT molecular complexity index is 230. The monoisotopic (exact) mass is 328 g/mol. The zero-order valence-electron chi connectivity index (χ0n) is 8.22. The Morgan fingerprint density at radius 2 is 2.00 bits per heavy atom. The van der Waals surface area contributed by atoms with Crippen LogP contribution in [0.4, 0.5) is 0 Å². The highest BCUT2D eigenvalue weighted by Gasteiger charge is 2.43. The Hall–Kier alpha value is 0.1000. The summed E-state index contributed by atoms with van der Waals surface area (Å²) in [7, 11) is 0. The molecule has 0 spiro atoms. The van der Waals surface area contributed by atoms with E-state index < -0.39 is 15.1 Å². The number of alkyl halides is 2. The predicted octanol–water partition coefficient (Wildman–Crippen LogP) is 2.75. The zero-order chi connectivity index (χ0) is 11.4. The molecule has 0 aliphatic heterocycles. The van der Waals surface area contributed by atoms with E-state index in [9.17, 15) is 9.59 Å². The van der Waals surface area contributed by atoms with Crippen LogP contribution in [0, 0.1) is 0 Å². The van der Waals surface area contributed by atoms with E-state index in [0.717, 1.165) is 12.8 Å². The summed E-state index contributed by atoms with van der Waals surface area (Å²) in [5, 5.41) is 8.84. The van der Waals surface area contributed by atoms with Gasteiger partial charge in [0.2, 0.25) is 0 Å². The molecule has 14 heavy (non-hydrogen) atoms. The van der Waals surface area contributed by atoms with E-state index in [4.69, 9.17) is 5.11 Å². The Balaban J connectivity index is 4.70. The van der Waals surface area contributed by atoms with Gasteiger partial charge in [-0.3, -0.25) is 9.59 Å². The number of carboxylic acids is 1. The highest BCUT2D eigenvalue weighted by Crippen LogP contribution is 2.34. The molecule has 0 aromatic heterocycles. The first-order valence-electron chi connectivity index (χ1n) is 4.43. The number of Topliss-reactive ketones (excluding diaryl/α,β-unsaturated/α-hetero) is 1. The molecule has 0 radical (unpaired) electrons. The molecule has 0 saturated heterocycles. The zero-order valence-corrected chi connectivity index (χ0v) is 11.4. The van der Waals surface area contributed by atoms with Gasteiger partial charge >= 0.3 is 5.97 Å². The van der Waals surface area contributed by atoms with Crippen LogP contribution in [0.2, 0.25) is 0 Å². The van der Waals surface area contributed by atoms with Crippen LogP contribution in [0.1, 0.15) is 33.1 Å². The second-order valence-corrected chi connectivity index (χ2v) is 5.55. The normalized spacial score (nSPS) is 17.1. The summed E-state index contributed by atoms with van der Waals surface area (Å²) in [5.74, 6) is -1.18. The van der Waals surface area contributed by atoms with Gasteiger partial charge in [-0.05, 0) is 13.3 Å². The fourth-order valence-electron chi connectivity index (χ4n) is 1.11. The smallest absolute Gasteiger partial charge is 0.319 e. The van der Waals surface area contributed by atoms with Crippen molar-refractivity contribution in [1.82, 2.24) is 0 Å². The van der Waals surface area contributed by atoms with Crippen molar-refractivity contribution >= 4 is 43.6 Å². The van der Waals surface area contributed by atoms with Crippen LogP contribution in [0.5, 0.6) is 0 Å². The van der Waals surface area contributed by atoms with Gasteiger partial charge in [-0.2, -0.15) is 0 Å². The molecular formula is C9H14Br2O3. The maximum Gasteiger partial charge on any atom is 0.319 e. The molecule has 0 aliphatic rings. The van der Waals surface area contributed by atoms with Crippen LogP contribution in [-0.2, 0) is 9.59 Å². The Labute approximate surface area is 101 Å². The van der Waals surface area contributed by atoms with E-state index >= 15 is 0 Å². The van der Waals surface area contributed by atoms with E-state index in [2.05, 4.69) is 31.9 Å². The SMILES string of the molecule is CCCC[C@](Br)(C(C)=O)[C@@H](Br)C(=O)O. The quantitative estimate of drug-likeness (QED) is 0.762. The van der Waals surface area contributed by atoms with Crippen molar-refractivity contribution in [1.29, 1.82) is 0 Å². The molecule has 0 saturated carbocycles. The fourth-order valence-corrected chi connectivity index (χ4v) is 2.14. The number of aliphatic carboxylic acids is 1. The molecule has 0 rings (SSSR count). The molecule has 0 aromatic rings. The lowest BCUT2D eigenvalue weighted by molar-refractivity contribution is -0.138. The van der Waals surface area contributed by atoms with Crippen LogP contribution in [0.3, 0.4) is 0 Å². The first-order valence-corrected chi connectivity index (χ1v) is 6.14. The largest absolute Gasteiger partial charge is 0.480 e. The van der Waals surface area contributed by atoms with Crippen LogP contribution in [0.25, 0.3) is 0 Å². The van der Waals surface area contributed by atoms with Crippen molar-refractivity contribution in [3.05, 3.63) is 0 Å². The molecule has 0 fully saturated rings. The topological polar surface area (TPSA) is 54.4 Å². The van der Waals surface area contributed by atoms with Gasteiger partial charge in [0.25, 0.3) is 0 Å². The number of halogens is 2. The van der Waals surface area contributed by atoms with Gasteiger partial charge in [-0.25, -0.2) is 0 Å². The first kappa shape index (κ1) is 14.1. The second-order valence-electron chi connectivity index (χ2n) is 3.22. The van der Waals surface area contributed by atoms with Gasteiger partial charge in [0, 0.05) is 0 Å². The summed E-state index contributed by atoms with van der Waals surface area (Å²) in [6.45, 7) is 3.40. The van der Waals surface area contributed by atoms with Gasteiger partial charge in [0.1, 0.15) is 14.9 Å². The van der Waals surface area contributed by atoms with Crippen LogP contribution in [-0.4, -0.2) is 26.0 Å². The second kappa shape index (κ2) is 5.85. The molecule has 3 nitrogen and oxygen atoms in total. The Kier molecular flexibility index (Phi) is 5.90. The molecule has 0 amide bonds. The summed E-state index contributed by atoms with van der Waals surface area (Å²) in [6.07, 6.45) is 2.28. The van der Waals surface area contributed by atoms with Crippen LogP contribution in [0.15, 0.2) is 0 Å². The summed E-state index contributed by atoms with van der Waals surface area (Å²) in [6, 6.07) is 0. The van der Waals surface area contributed by atoms with Gasteiger partial charge in [-0.15, -0.1) is 0 Å². The van der Waals surface area contributed by atoms with Crippen molar-refractivity contribution in [3.63, 3.8) is 0 Å². The Morgan fingerprint density at radius 3 is 2.29 bits per heavy atom. The number of hydrogen-bond acceptors (Lipinski definition) is 2. The minimum atomic E-state index is -1.02. The number of unbranched alkanes of at least 4 members (excludes halogenated alkanes) is 1. The minimum Gasteiger partial charge on any atom is -0.480 e. The van der Waals surface area contributed by atoms with E-state index in [1.807, 2.05) is 6.92 Å². The van der Waals surface area contributed by atoms with Gasteiger partial charge in [-0.1, -0.05) is 51.6 Å². The predicted molar refractivity (Wildman–Crippen MR) is 62.2 cm³/mol. The lowest BCUT2D eigenvalue weighted by Crippen LogP contribution is -2.43. The molecule has 1 N–H and O–H groups in total. The summed E-state index contributed by atoms with van der Waals surface area (Å²) >= 11 is 6.27. The molecular weight excluding hydrogens is 316 g/mol. The lowest BCUT2D eigenvalue weighted by Gasteiger charge is -2.27. The van der Waals surface area contributed by atoms with Crippen molar-refractivity contribution in [2.24, 2.45) is 0 Å². The molecule has 0 heterocycles. The molecule has 2 atom stereocenters. The van der Waals surface area contributed by atoms with E-state index in [0.29, 0.717) is 6.42 Å². The number of carbonyl (C=O) groups is 2. The van der Waals surface area contributed by atoms with E-state index in [-0.39, 0.29) is 5.78 Å². The molecule has 5 heteroatoms. The molecule has 82 valence electrons. The maximum absolute atomic E-state index is 11.4. The molecule has 0 unspecified atom stereocenters. The average molecular weight is 330 g/mol. The van der Waals surface area contributed by atoms with Crippen molar-refractivity contribution in [2.75, 3.05) is 0 Å². The highest BCUT2D eigenvalue weighted by atomic mass is 79.9. The van der Waals surface area contributed by atoms with Crippen molar-refractivity contribution in [2.45, 2.75) is 42.3 Å². The maximum atomic E-state index is 11.4. The average Bonchev–Trinajstić information content (AvgIpc) is 2.12. The third-order valence-electron chi connectivity index (χ3n) is 2.10. The van der Waals surface area contributed by atoms with Crippen LogP contribution >= 0.6 is 31.9 Å². The number of ketones is 1. The molecule has 0 bridgehead atoms. The van der Waals surface area contributed by atoms with Crippen molar-refractivity contribution < 1.29 is 14.7 Å². The number of rotatable bonds is 6. The minimum absolute atomic E-state index is 0.157. The Morgan fingerprint density at radius 1 is 1.50 bits per heavy atom. The van der Waals surface area contributed by atoms with E-state index in [1.54, 1.807) is 0 Å². The lowest BCUT2D eigenvalue weighted by atomic mass is 9.94. The number of carbonyl (C=O) groups excluding carboxylic acids is 1. The first-order chi connectivity index (χ1) is 6.36. The molecule has 0 aliphatic carbocycles. The summed E-state index contributed by atoms with van der Waals surface area (Å²) < 4.78 is -0.977. The van der Waals surface area contributed by atoms with Gasteiger partial charge < -0.3 is 5.11 Å². The van der Waals surface area contributed by atoms with E-state index in [1.165, 1.54) is 6.92 Å². The summed E-state index contributed by atoms with van der Waals surface area (Å²) in [5.41, 5.74) is 0. The third kappa shape index (κ3) is 3.35. The third-order valence-corrected chi connectivity index (χ3v) is 5.30. The van der Waals surface area contributed by atoms with Crippen LogP contribution < -0.4 is 0 Å². The van der Waals surface area contributed by atoms with Crippen molar-refractivity contribution in [3.8, 4) is 0 Å². The van der Waals surface area contributed by atoms with Gasteiger partial charge in [0.05, 0.1) is 0 Å². The molecule has 0 aromatic carbocycles. The standard InChI is InChI=1S/C9H14Br2O3/c1-3-4-5-9(11,6(2)12)7(10)8(13)14/h7H,3-5H2,1-2H3,(H,13,14)/t7-,9-/m0/s1. The number of hydrogen-bond donors (Lipinski definition) is 1. The van der Waals surface area contributed by atoms with Gasteiger partial charge in [0.15, 0.2) is 0 Å². The fraction of sp³-hybridized carbons (Fsp3) is 0.778. The summed E-state index contributed by atoms with van der Waals surface area (Å²) in [4.78, 5) is 21.3. The number of carboxylic acid groups (broad SMARTS) is 1.